The van der Waals surface area contributed by atoms with Crippen LogP contribution in [0.1, 0.15) is 49.8 Å². The van der Waals surface area contributed by atoms with E-state index in [0.29, 0.717) is 6.10 Å². The first kappa shape index (κ1) is 35.1. The van der Waals surface area contributed by atoms with Gasteiger partial charge in [-0.05, 0) is 123 Å². The number of nitrogens with one attached hydrogen (secondary N) is 6. The average molecular weight is 544 g/mol. The maximum Gasteiger partial charge on any atom is 0.0588 e. The van der Waals surface area contributed by atoms with Crippen LogP contribution in [0, 0.1) is 0 Å². The van der Waals surface area contributed by atoms with Crippen LogP contribution in [0.5, 0.6) is 0 Å². The fourth-order valence-corrected chi connectivity index (χ4v) is 3.98. The standard InChI is InChI=1S/C11H18N2.C10H17N3.C10H22N2O/c1-12-8-5-9-13-10-11-6-3-2-4-7-11;1-11-6-4-7-12-9-10-5-2-3-8-13-10;1-11-6-3-7-12-8-5-10-4-2-9-13-10/h2-4,6-7,12-13H,5,8-10H2,1H3;2-3,5,8,11-12H,4,6-7,9H2,1H3;10-12H,2-9H2,1H3. The lowest BCUT2D eigenvalue weighted by atomic mass is 10.2. The normalized spacial score (nSPS) is 14.3. The van der Waals surface area contributed by atoms with Crippen LogP contribution in [0.4, 0.5) is 0 Å². The highest BCUT2D eigenvalue weighted by Crippen LogP contribution is 2.14. The lowest BCUT2D eigenvalue weighted by Gasteiger charge is -2.09. The molecule has 39 heavy (non-hydrogen) atoms. The SMILES string of the molecule is CNCCCNCCC1CCCO1.CNCCCNCc1ccccc1.CNCCCNCc1ccccn1. The molecule has 1 aromatic heterocycles. The highest BCUT2D eigenvalue weighted by atomic mass is 16.5. The van der Waals surface area contributed by atoms with Gasteiger partial charge in [0.2, 0.25) is 0 Å². The van der Waals surface area contributed by atoms with Crippen molar-refractivity contribution in [3.8, 4) is 0 Å². The lowest BCUT2D eigenvalue weighted by molar-refractivity contribution is 0.104. The molecule has 0 bridgehead atoms. The Balaban J connectivity index is 0.000000292. The van der Waals surface area contributed by atoms with Gasteiger partial charge in [0.1, 0.15) is 0 Å². The van der Waals surface area contributed by atoms with Gasteiger partial charge in [-0.25, -0.2) is 0 Å². The molecule has 3 rings (SSSR count). The second-order valence-electron chi connectivity index (χ2n) is 9.71. The molecule has 1 fully saturated rings. The van der Waals surface area contributed by atoms with E-state index in [0.717, 1.165) is 77.6 Å². The predicted octanol–water partition coefficient (Wildman–Crippen LogP) is 2.92. The van der Waals surface area contributed by atoms with Gasteiger partial charge in [0.15, 0.2) is 0 Å². The number of rotatable bonds is 19. The minimum absolute atomic E-state index is 0.539. The summed E-state index contributed by atoms with van der Waals surface area (Å²) in [6.07, 6.45) is 9.61. The Hall–Kier alpha value is -1.91. The largest absolute Gasteiger partial charge is 0.378 e. The molecule has 2 heterocycles. The fraction of sp³-hybridized carbons (Fsp3) is 0.645. The van der Waals surface area contributed by atoms with Crippen molar-refractivity contribution in [3.05, 3.63) is 66.0 Å². The Morgan fingerprint density at radius 3 is 1.87 bits per heavy atom. The summed E-state index contributed by atoms with van der Waals surface area (Å²) in [7, 11) is 5.95. The first-order chi connectivity index (χ1) is 19.3. The lowest BCUT2D eigenvalue weighted by Crippen LogP contribution is -2.23. The Morgan fingerprint density at radius 2 is 1.31 bits per heavy atom. The fourth-order valence-electron chi connectivity index (χ4n) is 3.98. The molecule has 8 nitrogen and oxygen atoms in total. The average Bonchev–Trinajstić information content (AvgIpc) is 3.50. The molecule has 8 heteroatoms. The van der Waals surface area contributed by atoms with Crippen molar-refractivity contribution in [1.82, 2.24) is 36.9 Å². The molecule has 222 valence electrons. The summed E-state index contributed by atoms with van der Waals surface area (Å²) < 4.78 is 5.53. The Kier molecular flexibility index (Phi) is 24.9. The summed E-state index contributed by atoms with van der Waals surface area (Å²) in [5.74, 6) is 0. The quantitative estimate of drug-likeness (QED) is 0.151. The van der Waals surface area contributed by atoms with E-state index in [-0.39, 0.29) is 0 Å². The van der Waals surface area contributed by atoms with Crippen LogP contribution in [0.3, 0.4) is 0 Å². The Bertz CT molecular complexity index is 681. The van der Waals surface area contributed by atoms with E-state index >= 15 is 0 Å². The number of ether oxygens (including phenoxy) is 1. The molecule has 1 aliphatic heterocycles. The molecule has 1 saturated heterocycles. The number of hydrogen-bond acceptors (Lipinski definition) is 8. The zero-order chi connectivity index (χ0) is 28.1. The van der Waals surface area contributed by atoms with Crippen molar-refractivity contribution in [1.29, 1.82) is 0 Å². The van der Waals surface area contributed by atoms with Crippen molar-refractivity contribution in [2.24, 2.45) is 0 Å². The van der Waals surface area contributed by atoms with Crippen LogP contribution >= 0.6 is 0 Å². The van der Waals surface area contributed by atoms with E-state index < -0.39 is 0 Å². The summed E-state index contributed by atoms with van der Waals surface area (Å²) in [4.78, 5) is 4.22. The van der Waals surface area contributed by atoms with E-state index in [4.69, 9.17) is 4.74 Å². The van der Waals surface area contributed by atoms with Gasteiger partial charge in [-0.2, -0.15) is 0 Å². The number of pyridine rings is 1. The van der Waals surface area contributed by atoms with Gasteiger partial charge in [0, 0.05) is 25.9 Å². The molecule has 1 unspecified atom stereocenters. The third-order valence-electron chi connectivity index (χ3n) is 6.21. The zero-order valence-electron chi connectivity index (χ0n) is 24.9. The van der Waals surface area contributed by atoms with Crippen molar-refractivity contribution >= 4 is 0 Å². The minimum atomic E-state index is 0.539. The number of nitrogens with zero attached hydrogens (tertiary/aromatic N) is 1. The van der Waals surface area contributed by atoms with Crippen LogP contribution in [0.15, 0.2) is 54.7 Å². The van der Waals surface area contributed by atoms with Gasteiger partial charge in [-0.15, -0.1) is 0 Å². The molecule has 1 atom stereocenters. The van der Waals surface area contributed by atoms with Crippen LogP contribution in [0.25, 0.3) is 0 Å². The maximum absolute atomic E-state index is 5.53. The molecule has 1 aliphatic rings. The van der Waals surface area contributed by atoms with Gasteiger partial charge in [-0.3, -0.25) is 4.98 Å². The van der Waals surface area contributed by atoms with Crippen molar-refractivity contribution in [2.75, 3.05) is 73.6 Å². The molecule has 0 spiro atoms. The molecule has 1 aromatic carbocycles. The topological polar surface area (TPSA) is 94.3 Å². The smallest absolute Gasteiger partial charge is 0.0588 e. The van der Waals surface area contributed by atoms with Crippen LogP contribution < -0.4 is 31.9 Å². The zero-order valence-corrected chi connectivity index (χ0v) is 24.9. The molecule has 0 radical (unpaired) electrons. The van der Waals surface area contributed by atoms with E-state index in [9.17, 15) is 0 Å². The Morgan fingerprint density at radius 1 is 0.692 bits per heavy atom. The summed E-state index contributed by atoms with van der Waals surface area (Å²) in [5.41, 5.74) is 2.46. The van der Waals surface area contributed by atoms with Crippen molar-refractivity contribution in [2.45, 2.75) is 57.7 Å². The predicted molar refractivity (Wildman–Crippen MR) is 166 cm³/mol. The maximum atomic E-state index is 5.53. The molecule has 6 N–H and O–H groups in total. The van der Waals surface area contributed by atoms with E-state index in [1.54, 1.807) is 0 Å². The molecule has 0 amide bonds. The van der Waals surface area contributed by atoms with Gasteiger partial charge >= 0.3 is 0 Å². The third-order valence-corrected chi connectivity index (χ3v) is 6.21. The van der Waals surface area contributed by atoms with E-state index in [1.807, 2.05) is 51.6 Å². The molecule has 0 saturated carbocycles. The molecular formula is C31H57N7O. The number of hydrogen-bond donors (Lipinski definition) is 6. The summed E-state index contributed by atoms with van der Waals surface area (Å²) >= 11 is 0. The van der Waals surface area contributed by atoms with Gasteiger partial charge in [-0.1, -0.05) is 36.4 Å². The van der Waals surface area contributed by atoms with E-state index in [1.165, 1.54) is 37.7 Å². The summed E-state index contributed by atoms with van der Waals surface area (Å²) in [5, 5.41) is 19.5. The minimum Gasteiger partial charge on any atom is -0.378 e. The van der Waals surface area contributed by atoms with Crippen LogP contribution in [0.2, 0.25) is 0 Å². The molecular weight excluding hydrogens is 486 g/mol. The summed E-state index contributed by atoms with van der Waals surface area (Å²) in [6, 6.07) is 16.5. The molecule has 0 aliphatic carbocycles. The Labute approximate surface area is 238 Å². The third kappa shape index (κ3) is 22.6. The van der Waals surface area contributed by atoms with Gasteiger partial charge in [0.05, 0.1) is 11.8 Å². The monoisotopic (exact) mass is 543 g/mol. The number of aromatic nitrogens is 1. The second kappa shape index (κ2) is 27.6. The highest BCUT2D eigenvalue weighted by molar-refractivity contribution is 5.14. The van der Waals surface area contributed by atoms with Crippen LogP contribution in [-0.2, 0) is 17.8 Å². The van der Waals surface area contributed by atoms with Crippen molar-refractivity contribution in [3.63, 3.8) is 0 Å². The summed E-state index contributed by atoms with van der Waals surface area (Å²) in [6.45, 7) is 10.4. The van der Waals surface area contributed by atoms with Crippen LogP contribution in [-0.4, -0.2) is 84.7 Å². The van der Waals surface area contributed by atoms with Gasteiger partial charge in [0.25, 0.3) is 0 Å². The highest BCUT2D eigenvalue weighted by Gasteiger charge is 2.14. The number of benzene rings is 1. The van der Waals surface area contributed by atoms with Crippen molar-refractivity contribution < 1.29 is 4.74 Å². The first-order valence-electron chi connectivity index (χ1n) is 14.9. The van der Waals surface area contributed by atoms with Gasteiger partial charge < -0.3 is 36.6 Å². The first-order valence-corrected chi connectivity index (χ1v) is 14.9. The van der Waals surface area contributed by atoms with E-state index in [2.05, 4.69) is 61.2 Å². The second-order valence-corrected chi connectivity index (χ2v) is 9.71. The molecule has 2 aromatic rings.